The van der Waals surface area contributed by atoms with E-state index in [4.69, 9.17) is 14.2 Å². The summed E-state index contributed by atoms with van der Waals surface area (Å²) in [6.45, 7) is 6.95. The largest absolute Gasteiger partial charge is 0.497 e. The van der Waals surface area contributed by atoms with E-state index in [2.05, 4.69) is 15.5 Å². The fraction of sp³-hybridized carbons (Fsp3) is 0.286. The minimum absolute atomic E-state index is 0.0896. The first kappa shape index (κ1) is 28.2. The Kier molecular flexibility index (Phi) is 9.26. The highest BCUT2D eigenvalue weighted by atomic mass is 32.2. The molecule has 2 aromatic heterocycles. The molecule has 0 saturated heterocycles. The summed E-state index contributed by atoms with van der Waals surface area (Å²) in [5.74, 6) is 1.49. The number of nitrogens with zero attached hydrogens (tertiary/aromatic N) is 3. The molecule has 1 N–H and O–H groups in total. The smallest absolute Gasteiger partial charge is 0.341 e. The lowest BCUT2D eigenvalue weighted by atomic mass is 10.0. The molecule has 0 radical (unpaired) electrons. The summed E-state index contributed by atoms with van der Waals surface area (Å²) in [5, 5.41) is 14.3. The number of nitrogens with one attached hydrogen (secondary N) is 1. The van der Waals surface area contributed by atoms with Crippen LogP contribution in [0.25, 0.3) is 11.1 Å². The van der Waals surface area contributed by atoms with Crippen molar-refractivity contribution in [1.82, 2.24) is 14.8 Å². The van der Waals surface area contributed by atoms with Gasteiger partial charge in [-0.2, -0.15) is 0 Å². The topological polar surface area (TPSA) is 105 Å². The molecule has 0 unspecified atom stereocenters. The molecule has 0 aliphatic rings. The number of benzene rings is 2. The molecule has 11 heteroatoms. The second-order valence-corrected chi connectivity index (χ2v) is 10.4. The van der Waals surface area contributed by atoms with E-state index in [1.54, 1.807) is 7.11 Å². The maximum atomic E-state index is 12.9. The number of aryl methyl sites for hydroxylation is 1. The van der Waals surface area contributed by atoms with E-state index in [0.29, 0.717) is 39.4 Å². The number of hydrogen-bond acceptors (Lipinski definition) is 9. The summed E-state index contributed by atoms with van der Waals surface area (Å²) >= 11 is 2.54. The van der Waals surface area contributed by atoms with E-state index >= 15 is 0 Å². The predicted octanol–water partition coefficient (Wildman–Crippen LogP) is 5.75. The summed E-state index contributed by atoms with van der Waals surface area (Å²) in [7, 11) is 2.91. The summed E-state index contributed by atoms with van der Waals surface area (Å²) in [6.07, 6.45) is 0. The fourth-order valence-corrected chi connectivity index (χ4v) is 5.70. The zero-order valence-electron chi connectivity index (χ0n) is 22.4. The zero-order chi connectivity index (χ0) is 27.9. The molecule has 0 bridgehead atoms. The van der Waals surface area contributed by atoms with Crippen LogP contribution in [0.1, 0.15) is 34.2 Å². The molecule has 2 heterocycles. The lowest BCUT2D eigenvalue weighted by Gasteiger charge is -2.12. The number of amides is 1. The minimum Gasteiger partial charge on any atom is -0.497 e. The Labute approximate surface area is 235 Å². The molecule has 4 aromatic rings. The molecule has 0 aliphatic carbocycles. The Bertz CT molecular complexity index is 1460. The van der Waals surface area contributed by atoms with Crippen molar-refractivity contribution in [3.8, 4) is 22.6 Å². The molecule has 204 valence electrons. The van der Waals surface area contributed by atoms with Gasteiger partial charge in [-0.25, -0.2) is 4.79 Å². The van der Waals surface area contributed by atoms with Crippen LogP contribution in [0.2, 0.25) is 0 Å². The van der Waals surface area contributed by atoms with Crippen LogP contribution in [-0.2, 0) is 22.7 Å². The van der Waals surface area contributed by atoms with Crippen LogP contribution in [0.15, 0.2) is 53.0 Å². The first-order valence-electron chi connectivity index (χ1n) is 12.2. The lowest BCUT2D eigenvalue weighted by molar-refractivity contribution is -0.113. The van der Waals surface area contributed by atoms with Crippen LogP contribution in [-0.4, -0.2) is 46.6 Å². The molecule has 39 heavy (non-hydrogen) atoms. The van der Waals surface area contributed by atoms with Gasteiger partial charge < -0.3 is 24.1 Å². The van der Waals surface area contributed by atoms with Crippen molar-refractivity contribution < 1.29 is 23.8 Å². The number of rotatable bonds is 11. The maximum Gasteiger partial charge on any atom is 0.341 e. The monoisotopic (exact) mass is 566 g/mol. The summed E-state index contributed by atoms with van der Waals surface area (Å²) in [4.78, 5) is 25.5. The molecule has 1 amide bonds. The quantitative estimate of drug-likeness (QED) is 0.181. The van der Waals surface area contributed by atoms with E-state index in [0.717, 1.165) is 22.4 Å². The highest BCUT2D eigenvalue weighted by molar-refractivity contribution is 7.99. The summed E-state index contributed by atoms with van der Waals surface area (Å²) in [6, 6.07) is 13.3. The van der Waals surface area contributed by atoms with E-state index in [1.165, 1.54) is 30.2 Å². The average Bonchev–Trinajstić information content (AvgIpc) is 3.55. The molecule has 0 atom stereocenters. The van der Waals surface area contributed by atoms with Gasteiger partial charge in [0.1, 0.15) is 28.7 Å². The van der Waals surface area contributed by atoms with Crippen LogP contribution in [0.4, 0.5) is 5.00 Å². The van der Waals surface area contributed by atoms with Gasteiger partial charge in [0, 0.05) is 17.5 Å². The second kappa shape index (κ2) is 12.8. The first-order valence-corrected chi connectivity index (χ1v) is 14.1. The third kappa shape index (κ3) is 6.43. The minimum atomic E-state index is -0.524. The van der Waals surface area contributed by atoms with E-state index in [1.807, 2.05) is 73.2 Å². The number of anilines is 1. The zero-order valence-corrected chi connectivity index (χ0v) is 24.1. The van der Waals surface area contributed by atoms with Gasteiger partial charge in [-0.3, -0.25) is 4.79 Å². The Morgan fingerprint density at radius 1 is 1.08 bits per heavy atom. The number of hydrogen-bond donors (Lipinski definition) is 1. The van der Waals surface area contributed by atoms with Gasteiger partial charge in [-0.1, -0.05) is 36.0 Å². The molecular weight excluding hydrogens is 536 g/mol. The molecule has 2 aromatic carbocycles. The van der Waals surface area contributed by atoms with Crippen LogP contribution in [0.3, 0.4) is 0 Å². The van der Waals surface area contributed by atoms with Crippen molar-refractivity contribution in [2.75, 3.05) is 25.3 Å². The first-order chi connectivity index (χ1) is 18.9. The molecular formula is C28H30N4O5S2. The van der Waals surface area contributed by atoms with Crippen molar-refractivity contribution in [2.24, 2.45) is 0 Å². The van der Waals surface area contributed by atoms with E-state index < -0.39 is 5.97 Å². The van der Waals surface area contributed by atoms with Crippen LogP contribution >= 0.6 is 23.1 Å². The average molecular weight is 567 g/mol. The van der Waals surface area contributed by atoms with Crippen molar-refractivity contribution in [3.63, 3.8) is 0 Å². The number of esters is 1. The van der Waals surface area contributed by atoms with Gasteiger partial charge in [0.2, 0.25) is 5.91 Å². The number of thiophene rings is 1. The van der Waals surface area contributed by atoms with Crippen molar-refractivity contribution in [1.29, 1.82) is 0 Å². The number of carbonyl (C=O) groups is 2. The van der Waals surface area contributed by atoms with Gasteiger partial charge in [0.15, 0.2) is 11.0 Å². The Morgan fingerprint density at radius 2 is 1.85 bits per heavy atom. The Morgan fingerprint density at radius 3 is 2.54 bits per heavy atom. The van der Waals surface area contributed by atoms with Crippen molar-refractivity contribution in [3.05, 3.63) is 70.4 Å². The highest BCUT2D eigenvalue weighted by Gasteiger charge is 2.23. The number of methoxy groups -OCH3 is 2. The maximum absolute atomic E-state index is 12.9. The number of carbonyl (C=O) groups excluding carboxylic acids is 2. The molecule has 0 spiro atoms. The standard InChI is InChI=1S/C28H30N4O5S2/c1-6-32-23(14-37-22-9-7-8-17(2)18(22)3)30-31-28(32)39-16-24(33)29-26-25(27(34)36-5)21(15-38-26)19-10-12-20(35-4)13-11-19/h7-13,15H,6,14,16H2,1-5H3,(H,29,33). The number of thioether (sulfide) groups is 1. The van der Waals surface area contributed by atoms with Crippen LogP contribution < -0.4 is 14.8 Å². The second-order valence-electron chi connectivity index (χ2n) is 8.54. The van der Waals surface area contributed by atoms with E-state index in [-0.39, 0.29) is 18.3 Å². The van der Waals surface area contributed by atoms with Crippen molar-refractivity contribution >= 4 is 40.0 Å². The number of ether oxygens (including phenoxy) is 3. The molecule has 9 nitrogen and oxygen atoms in total. The fourth-order valence-electron chi connectivity index (χ4n) is 3.90. The molecule has 0 fully saturated rings. The summed E-state index contributed by atoms with van der Waals surface area (Å²) in [5.41, 5.74) is 4.05. The van der Waals surface area contributed by atoms with Crippen LogP contribution in [0, 0.1) is 13.8 Å². The lowest BCUT2D eigenvalue weighted by Crippen LogP contribution is -2.16. The van der Waals surface area contributed by atoms with Gasteiger partial charge >= 0.3 is 5.97 Å². The van der Waals surface area contributed by atoms with Crippen LogP contribution in [0.5, 0.6) is 11.5 Å². The molecule has 0 aliphatic heterocycles. The molecule has 0 saturated carbocycles. The third-order valence-electron chi connectivity index (χ3n) is 6.19. The molecule has 4 rings (SSSR count). The highest BCUT2D eigenvalue weighted by Crippen LogP contribution is 2.37. The predicted molar refractivity (Wildman–Crippen MR) is 153 cm³/mol. The normalized spacial score (nSPS) is 10.8. The van der Waals surface area contributed by atoms with Gasteiger partial charge in [-0.15, -0.1) is 21.5 Å². The Balaban J connectivity index is 1.43. The Hall–Kier alpha value is -3.83. The van der Waals surface area contributed by atoms with Gasteiger partial charge in [0.05, 0.1) is 20.0 Å². The van der Waals surface area contributed by atoms with Crippen molar-refractivity contribution in [2.45, 2.75) is 39.1 Å². The third-order valence-corrected chi connectivity index (χ3v) is 8.05. The van der Waals surface area contributed by atoms with Gasteiger partial charge in [-0.05, 0) is 55.7 Å². The van der Waals surface area contributed by atoms with E-state index in [9.17, 15) is 9.59 Å². The number of aromatic nitrogens is 3. The van der Waals surface area contributed by atoms with Gasteiger partial charge in [0.25, 0.3) is 0 Å². The summed E-state index contributed by atoms with van der Waals surface area (Å²) < 4.78 is 18.2. The SMILES string of the molecule is CCn1c(COc2cccc(C)c2C)nnc1SCC(=O)Nc1scc(-c2ccc(OC)cc2)c1C(=O)OC.